The molecule has 2 aromatic heterocycles. The molecule has 1 saturated heterocycles. The Morgan fingerprint density at radius 3 is 2.48 bits per heavy atom. The number of nitrogens with zero attached hydrogens (tertiary/aromatic N) is 5. The molecule has 0 unspecified atom stereocenters. The fourth-order valence-electron chi connectivity index (χ4n) is 3.24. The number of rotatable bonds is 2. The lowest BCUT2D eigenvalue weighted by molar-refractivity contribution is 0.387. The highest BCUT2D eigenvalue weighted by Crippen LogP contribution is 2.30. The summed E-state index contributed by atoms with van der Waals surface area (Å²) in [6.07, 6.45) is 1.25. The molecule has 7 nitrogen and oxygen atoms in total. The van der Waals surface area contributed by atoms with E-state index in [9.17, 15) is 8.42 Å². The first-order chi connectivity index (χ1) is 11.9. The second-order valence-electron chi connectivity index (χ2n) is 6.24. The van der Waals surface area contributed by atoms with Gasteiger partial charge in [-0.05, 0) is 19.1 Å². The molecule has 25 heavy (non-hydrogen) atoms. The van der Waals surface area contributed by atoms with Crippen LogP contribution in [-0.2, 0) is 10.0 Å². The van der Waals surface area contributed by atoms with E-state index in [2.05, 4.69) is 10.00 Å². The van der Waals surface area contributed by atoms with E-state index in [4.69, 9.17) is 16.6 Å². The molecule has 4 rings (SSSR count). The summed E-state index contributed by atoms with van der Waals surface area (Å²) in [5.41, 5.74) is 2.29. The second-order valence-corrected chi connectivity index (χ2v) is 8.60. The van der Waals surface area contributed by atoms with Crippen molar-refractivity contribution in [3.63, 3.8) is 0 Å². The van der Waals surface area contributed by atoms with Gasteiger partial charge in [-0.25, -0.2) is 17.9 Å². The molecular weight excluding hydrogens is 362 g/mol. The lowest BCUT2D eigenvalue weighted by atomic mass is 10.2. The number of benzene rings is 1. The van der Waals surface area contributed by atoms with Crippen LogP contribution in [0.3, 0.4) is 0 Å². The van der Waals surface area contributed by atoms with Gasteiger partial charge in [0.2, 0.25) is 10.0 Å². The van der Waals surface area contributed by atoms with Gasteiger partial charge in [-0.3, -0.25) is 0 Å². The van der Waals surface area contributed by atoms with Crippen molar-refractivity contribution < 1.29 is 8.42 Å². The summed E-state index contributed by atoms with van der Waals surface area (Å²) >= 11 is 6.38. The molecule has 0 spiro atoms. The highest BCUT2D eigenvalue weighted by atomic mass is 35.5. The van der Waals surface area contributed by atoms with Crippen molar-refractivity contribution in [2.75, 3.05) is 37.3 Å². The average molecular weight is 380 g/mol. The Hall–Kier alpha value is -1.90. The average Bonchev–Trinajstić information content (AvgIpc) is 2.88. The first-order valence-corrected chi connectivity index (χ1v) is 10.2. The number of fused-ring (bicyclic) bond motifs is 3. The van der Waals surface area contributed by atoms with E-state index < -0.39 is 10.0 Å². The van der Waals surface area contributed by atoms with E-state index in [1.807, 2.05) is 31.2 Å². The lowest BCUT2D eigenvalue weighted by Crippen LogP contribution is -2.48. The van der Waals surface area contributed by atoms with Crippen LogP contribution in [0.25, 0.3) is 16.6 Å². The number of para-hydroxylation sites is 1. The van der Waals surface area contributed by atoms with Crippen LogP contribution >= 0.6 is 11.6 Å². The van der Waals surface area contributed by atoms with Gasteiger partial charge >= 0.3 is 0 Å². The number of aromatic nitrogens is 3. The summed E-state index contributed by atoms with van der Waals surface area (Å²) in [6.45, 7) is 3.93. The van der Waals surface area contributed by atoms with Crippen LogP contribution in [0.1, 0.15) is 5.69 Å². The second kappa shape index (κ2) is 5.82. The molecule has 1 aliphatic rings. The molecule has 1 aromatic carbocycles. The Bertz CT molecular complexity index is 1070. The third-order valence-electron chi connectivity index (χ3n) is 4.56. The number of hydrogen-bond acceptors (Lipinski definition) is 5. The fourth-order valence-corrected chi connectivity index (χ4v) is 4.23. The summed E-state index contributed by atoms with van der Waals surface area (Å²) in [7, 11) is -3.16. The van der Waals surface area contributed by atoms with E-state index in [0.717, 1.165) is 22.4 Å². The third-order valence-corrected chi connectivity index (χ3v) is 6.30. The standard InChI is InChI=1S/C16H18ClN5O2S/c1-11-14(17)16-18-15(12-5-3-4-6-13(12)22(16)19-11)20-7-9-21(10-8-20)25(2,23)24/h3-6H,7-10H2,1-2H3. The Balaban J connectivity index is 1.83. The summed E-state index contributed by atoms with van der Waals surface area (Å²) in [5, 5.41) is 6.00. The van der Waals surface area contributed by atoms with Crippen LogP contribution in [-0.4, -0.2) is 59.8 Å². The minimum Gasteiger partial charge on any atom is -0.353 e. The van der Waals surface area contributed by atoms with Crippen molar-refractivity contribution in [2.45, 2.75) is 6.92 Å². The first kappa shape index (κ1) is 16.6. The van der Waals surface area contributed by atoms with E-state index in [1.165, 1.54) is 10.6 Å². The molecule has 0 N–H and O–H groups in total. The van der Waals surface area contributed by atoms with Crippen LogP contribution in [0.2, 0.25) is 5.02 Å². The Morgan fingerprint density at radius 2 is 1.80 bits per heavy atom. The summed E-state index contributed by atoms with van der Waals surface area (Å²) < 4.78 is 26.7. The maximum Gasteiger partial charge on any atom is 0.211 e. The summed E-state index contributed by atoms with van der Waals surface area (Å²) in [5.74, 6) is 0.818. The van der Waals surface area contributed by atoms with Crippen molar-refractivity contribution in [1.82, 2.24) is 18.9 Å². The van der Waals surface area contributed by atoms with Gasteiger partial charge in [-0.15, -0.1) is 0 Å². The van der Waals surface area contributed by atoms with Crippen molar-refractivity contribution in [2.24, 2.45) is 0 Å². The van der Waals surface area contributed by atoms with Crippen molar-refractivity contribution in [1.29, 1.82) is 0 Å². The van der Waals surface area contributed by atoms with Crippen molar-refractivity contribution >= 4 is 44.0 Å². The van der Waals surface area contributed by atoms with Gasteiger partial charge in [0.1, 0.15) is 10.8 Å². The predicted octanol–water partition coefficient (Wildman–Crippen LogP) is 1.93. The van der Waals surface area contributed by atoms with E-state index in [0.29, 0.717) is 36.8 Å². The number of halogens is 1. The van der Waals surface area contributed by atoms with Gasteiger partial charge in [0, 0.05) is 31.6 Å². The van der Waals surface area contributed by atoms with Crippen LogP contribution in [0, 0.1) is 6.92 Å². The minimum absolute atomic E-state index is 0.450. The van der Waals surface area contributed by atoms with E-state index in [-0.39, 0.29) is 0 Å². The number of hydrogen-bond donors (Lipinski definition) is 0. The van der Waals surface area contributed by atoms with Crippen LogP contribution in [0.4, 0.5) is 5.82 Å². The van der Waals surface area contributed by atoms with E-state index >= 15 is 0 Å². The molecule has 132 valence electrons. The third kappa shape index (κ3) is 2.74. The molecular formula is C16H18ClN5O2S. The molecule has 0 atom stereocenters. The maximum atomic E-state index is 11.7. The Labute approximate surface area is 150 Å². The van der Waals surface area contributed by atoms with Crippen LogP contribution in [0.5, 0.6) is 0 Å². The van der Waals surface area contributed by atoms with Gasteiger partial charge in [0.15, 0.2) is 5.65 Å². The van der Waals surface area contributed by atoms with E-state index in [1.54, 1.807) is 4.52 Å². The maximum absolute atomic E-state index is 11.7. The smallest absolute Gasteiger partial charge is 0.211 e. The molecule has 0 bridgehead atoms. The normalized spacial score (nSPS) is 16.8. The zero-order valence-electron chi connectivity index (χ0n) is 14.0. The zero-order chi connectivity index (χ0) is 17.8. The molecule has 3 aromatic rings. The number of aryl methyl sites for hydroxylation is 1. The van der Waals surface area contributed by atoms with Crippen LogP contribution < -0.4 is 4.90 Å². The van der Waals surface area contributed by atoms with Crippen molar-refractivity contribution in [3.8, 4) is 0 Å². The highest BCUT2D eigenvalue weighted by molar-refractivity contribution is 7.88. The molecule has 1 aliphatic heterocycles. The topological polar surface area (TPSA) is 70.8 Å². The van der Waals surface area contributed by atoms with Gasteiger partial charge in [0.25, 0.3) is 0 Å². The summed E-state index contributed by atoms with van der Waals surface area (Å²) in [6, 6.07) is 7.91. The van der Waals surface area contributed by atoms with Gasteiger partial charge < -0.3 is 4.90 Å². The fraction of sp³-hybridized carbons (Fsp3) is 0.375. The monoisotopic (exact) mass is 379 g/mol. The molecule has 9 heteroatoms. The molecule has 1 fully saturated rings. The Kier molecular flexibility index (Phi) is 3.86. The van der Waals surface area contributed by atoms with Crippen molar-refractivity contribution in [3.05, 3.63) is 35.0 Å². The Morgan fingerprint density at radius 1 is 1.12 bits per heavy atom. The van der Waals surface area contributed by atoms with Gasteiger partial charge in [0.05, 0.1) is 17.5 Å². The quantitative estimate of drug-likeness (QED) is 0.680. The highest BCUT2D eigenvalue weighted by Gasteiger charge is 2.26. The zero-order valence-corrected chi connectivity index (χ0v) is 15.5. The minimum atomic E-state index is -3.16. The van der Waals surface area contributed by atoms with Gasteiger partial charge in [-0.2, -0.15) is 9.40 Å². The lowest BCUT2D eigenvalue weighted by Gasteiger charge is -2.34. The number of sulfonamides is 1. The first-order valence-electron chi connectivity index (χ1n) is 8.00. The largest absolute Gasteiger partial charge is 0.353 e. The number of anilines is 1. The molecule has 0 amide bonds. The molecule has 0 aliphatic carbocycles. The number of piperazine rings is 1. The van der Waals surface area contributed by atoms with Crippen LogP contribution in [0.15, 0.2) is 24.3 Å². The molecule has 0 saturated carbocycles. The predicted molar refractivity (Wildman–Crippen MR) is 98.9 cm³/mol. The SMILES string of the molecule is Cc1nn2c(nc(N3CCN(S(C)(=O)=O)CC3)c3ccccc32)c1Cl. The van der Waals surface area contributed by atoms with Gasteiger partial charge in [-0.1, -0.05) is 23.7 Å². The molecule has 0 radical (unpaired) electrons. The summed E-state index contributed by atoms with van der Waals surface area (Å²) in [4.78, 5) is 6.87. The molecule has 3 heterocycles.